The summed E-state index contributed by atoms with van der Waals surface area (Å²) in [6.45, 7) is 3.88. The number of aromatic nitrogens is 1. The molecule has 2 aromatic heterocycles. The lowest BCUT2D eigenvalue weighted by Crippen LogP contribution is -2.09. The van der Waals surface area contributed by atoms with E-state index in [1.54, 1.807) is 7.11 Å². The molecule has 5 nitrogen and oxygen atoms in total. The number of aryl methyl sites for hydroxylation is 2. The first-order valence-electron chi connectivity index (χ1n) is 7.60. The molecule has 0 aliphatic heterocycles. The number of benzene rings is 1. The minimum atomic E-state index is -0.982. The molecule has 0 atom stereocenters. The molecular formula is C18H18N2O3S. The van der Waals surface area contributed by atoms with E-state index < -0.39 is 5.97 Å². The highest BCUT2D eigenvalue weighted by Gasteiger charge is 2.23. The molecule has 0 amide bonds. The molecule has 124 valence electrons. The summed E-state index contributed by atoms with van der Waals surface area (Å²) >= 11 is 1.43. The molecule has 0 spiro atoms. The Bertz CT molecular complexity index is 918. The van der Waals surface area contributed by atoms with Crippen LogP contribution in [0.15, 0.2) is 29.6 Å². The quantitative estimate of drug-likeness (QED) is 0.708. The first-order chi connectivity index (χ1) is 11.6. The van der Waals surface area contributed by atoms with Crippen molar-refractivity contribution in [3.8, 4) is 5.75 Å². The third-order valence-electron chi connectivity index (χ3n) is 3.92. The van der Waals surface area contributed by atoms with Crippen LogP contribution in [0.5, 0.6) is 5.75 Å². The van der Waals surface area contributed by atoms with Crippen LogP contribution in [0.1, 0.15) is 28.5 Å². The van der Waals surface area contributed by atoms with Crippen molar-refractivity contribution in [3.63, 3.8) is 0 Å². The van der Waals surface area contributed by atoms with Gasteiger partial charge in [0.1, 0.15) is 11.1 Å². The molecule has 2 N–H and O–H groups in total. The molecule has 0 saturated carbocycles. The molecule has 0 aliphatic carbocycles. The van der Waals surface area contributed by atoms with Crippen LogP contribution in [-0.4, -0.2) is 23.2 Å². The summed E-state index contributed by atoms with van der Waals surface area (Å²) in [4.78, 5) is 16.4. The number of nitrogens with zero attached hydrogens (tertiary/aromatic N) is 1. The molecule has 1 aromatic carbocycles. The predicted octanol–water partition coefficient (Wildman–Crippen LogP) is 4.62. The number of carbonyl (C=O) groups is 1. The highest BCUT2D eigenvalue weighted by molar-refractivity contribution is 7.18. The zero-order valence-corrected chi connectivity index (χ0v) is 14.5. The second kappa shape index (κ2) is 6.49. The largest absolute Gasteiger partial charge is 0.494 e. The zero-order chi connectivity index (χ0) is 17.3. The van der Waals surface area contributed by atoms with Crippen LogP contribution in [0.4, 0.5) is 11.4 Å². The van der Waals surface area contributed by atoms with Crippen LogP contribution in [-0.2, 0) is 6.42 Å². The van der Waals surface area contributed by atoms with Gasteiger partial charge in [-0.15, -0.1) is 11.3 Å². The fraction of sp³-hybridized carbons (Fsp3) is 0.222. The Kier molecular flexibility index (Phi) is 4.40. The fourth-order valence-corrected chi connectivity index (χ4v) is 3.63. The molecule has 3 rings (SSSR count). The lowest BCUT2D eigenvalue weighted by Gasteiger charge is -2.15. The molecule has 0 aliphatic rings. The maximum absolute atomic E-state index is 11.9. The van der Waals surface area contributed by atoms with Gasteiger partial charge >= 0.3 is 5.97 Å². The summed E-state index contributed by atoms with van der Waals surface area (Å²) in [5.74, 6) is -0.320. The van der Waals surface area contributed by atoms with E-state index in [0.29, 0.717) is 29.1 Å². The summed E-state index contributed by atoms with van der Waals surface area (Å²) in [6, 6.07) is 7.79. The summed E-state index contributed by atoms with van der Waals surface area (Å²) in [5, 5.41) is 14.9. The predicted molar refractivity (Wildman–Crippen MR) is 97.0 cm³/mol. The number of fused-ring (bicyclic) bond motifs is 1. The molecule has 6 heteroatoms. The van der Waals surface area contributed by atoms with Gasteiger partial charge in [0.2, 0.25) is 0 Å². The maximum atomic E-state index is 11.9. The van der Waals surface area contributed by atoms with Crippen molar-refractivity contribution in [1.82, 2.24) is 4.98 Å². The standard InChI is InChI=1S/C18H18N2O3S/c1-4-11-14(18(21)22)16(20-12-8-6-5-7-10(12)2)17-15(19-11)13(23-3)9-24-17/h5-9H,4H2,1-3H3,(H,19,20)(H,21,22). The molecule has 2 heterocycles. The number of aromatic carboxylic acids is 1. The van der Waals surface area contributed by atoms with Gasteiger partial charge in [0.15, 0.2) is 5.75 Å². The van der Waals surface area contributed by atoms with Crippen LogP contribution in [0.25, 0.3) is 10.2 Å². The van der Waals surface area contributed by atoms with Gasteiger partial charge in [-0.05, 0) is 25.0 Å². The van der Waals surface area contributed by atoms with Crippen molar-refractivity contribution in [2.24, 2.45) is 0 Å². The number of nitrogens with one attached hydrogen (secondary N) is 1. The normalized spacial score (nSPS) is 10.8. The summed E-state index contributed by atoms with van der Waals surface area (Å²) in [6.07, 6.45) is 0.527. The van der Waals surface area contributed by atoms with E-state index >= 15 is 0 Å². The van der Waals surface area contributed by atoms with Crippen molar-refractivity contribution < 1.29 is 14.6 Å². The highest BCUT2D eigenvalue weighted by atomic mass is 32.1. The first-order valence-corrected chi connectivity index (χ1v) is 8.48. The van der Waals surface area contributed by atoms with Crippen molar-refractivity contribution in [3.05, 3.63) is 46.5 Å². The van der Waals surface area contributed by atoms with Crippen molar-refractivity contribution >= 4 is 38.9 Å². The van der Waals surface area contributed by atoms with Crippen molar-refractivity contribution in [1.29, 1.82) is 0 Å². The molecule has 0 radical (unpaired) electrons. The monoisotopic (exact) mass is 342 g/mol. The first kappa shape index (κ1) is 16.3. The van der Waals surface area contributed by atoms with Gasteiger partial charge < -0.3 is 15.2 Å². The van der Waals surface area contributed by atoms with E-state index in [9.17, 15) is 9.90 Å². The van der Waals surface area contributed by atoms with Gasteiger partial charge in [0, 0.05) is 11.1 Å². The van der Waals surface area contributed by atoms with Gasteiger partial charge in [0.05, 0.1) is 23.2 Å². The number of ether oxygens (including phenoxy) is 1. The molecular weight excluding hydrogens is 324 g/mol. The van der Waals surface area contributed by atoms with E-state index in [1.165, 1.54) is 11.3 Å². The van der Waals surface area contributed by atoms with Crippen LogP contribution in [0.2, 0.25) is 0 Å². The highest BCUT2D eigenvalue weighted by Crippen LogP contribution is 2.40. The summed E-state index contributed by atoms with van der Waals surface area (Å²) in [5.41, 5.74) is 3.95. The van der Waals surface area contributed by atoms with Crippen LogP contribution >= 0.6 is 11.3 Å². The van der Waals surface area contributed by atoms with Crippen molar-refractivity contribution in [2.75, 3.05) is 12.4 Å². The SMILES string of the molecule is CCc1nc2c(OC)csc2c(Nc2ccccc2C)c1C(=O)O. The summed E-state index contributed by atoms with van der Waals surface area (Å²) < 4.78 is 6.15. The van der Waals surface area contributed by atoms with Crippen molar-refractivity contribution in [2.45, 2.75) is 20.3 Å². The van der Waals surface area contributed by atoms with E-state index in [-0.39, 0.29) is 5.56 Å². The van der Waals surface area contributed by atoms with Crippen LogP contribution < -0.4 is 10.1 Å². The zero-order valence-electron chi connectivity index (χ0n) is 13.7. The summed E-state index contributed by atoms with van der Waals surface area (Å²) in [7, 11) is 1.59. The fourth-order valence-electron chi connectivity index (χ4n) is 2.67. The van der Waals surface area contributed by atoms with E-state index in [2.05, 4.69) is 10.3 Å². The van der Waals surface area contributed by atoms with Gasteiger partial charge in [0.25, 0.3) is 0 Å². The average molecular weight is 342 g/mol. The third-order valence-corrected chi connectivity index (χ3v) is 4.88. The Balaban J connectivity index is 2.30. The number of carboxylic acid groups (broad SMARTS) is 1. The average Bonchev–Trinajstić information content (AvgIpc) is 2.99. The second-order valence-electron chi connectivity index (χ2n) is 5.39. The van der Waals surface area contributed by atoms with Gasteiger partial charge in [-0.3, -0.25) is 0 Å². The number of methoxy groups -OCH3 is 1. The number of pyridine rings is 1. The number of thiophene rings is 1. The minimum absolute atomic E-state index is 0.220. The smallest absolute Gasteiger partial charge is 0.339 e. The number of hydrogen-bond acceptors (Lipinski definition) is 5. The topological polar surface area (TPSA) is 71.5 Å². The number of hydrogen-bond donors (Lipinski definition) is 2. The number of para-hydroxylation sites is 1. The third kappa shape index (κ3) is 2.69. The van der Waals surface area contributed by atoms with E-state index in [1.807, 2.05) is 43.5 Å². The molecule has 3 aromatic rings. The van der Waals surface area contributed by atoms with Gasteiger partial charge in [-0.2, -0.15) is 0 Å². The lowest BCUT2D eigenvalue weighted by molar-refractivity contribution is 0.0696. The van der Waals surface area contributed by atoms with E-state index in [4.69, 9.17) is 4.74 Å². The molecule has 0 bridgehead atoms. The lowest BCUT2D eigenvalue weighted by atomic mass is 10.1. The number of rotatable bonds is 5. The maximum Gasteiger partial charge on any atom is 0.339 e. The molecule has 0 saturated heterocycles. The van der Waals surface area contributed by atoms with Gasteiger partial charge in [-0.25, -0.2) is 9.78 Å². The van der Waals surface area contributed by atoms with E-state index in [0.717, 1.165) is 16.0 Å². The Morgan fingerprint density at radius 1 is 1.38 bits per heavy atom. The number of anilines is 2. The Hall–Kier alpha value is -2.60. The molecule has 0 unspecified atom stereocenters. The number of carboxylic acids is 1. The molecule has 0 fully saturated rings. The second-order valence-corrected chi connectivity index (χ2v) is 6.27. The molecule has 24 heavy (non-hydrogen) atoms. The minimum Gasteiger partial charge on any atom is -0.494 e. The Morgan fingerprint density at radius 3 is 2.75 bits per heavy atom. The van der Waals surface area contributed by atoms with Gasteiger partial charge in [-0.1, -0.05) is 25.1 Å². The van der Waals surface area contributed by atoms with Crippen LogP contribution in [0, 0.1) is 6.92 Å². The Morgan fingerprint density at radius 2 is 2.12 bits per heavy atom. The Labute approximate surface area is 143 Å². The van der Waals surface area contributed by atoms with Crippen LogP contribution in [0.3, 0.4) is 0 Å².